The van der Waals surface area contributed by atoms with Gasteiger partial charge in [-0.25, -0.2) is 4.98 Å². The van der Waals surface area contributed by atoms with Gasteiger partial charge in [-0.15, -0.1) is 11.3 Å². The Hall–Kier alpha value is -3.46. The summed E-state index contributed by atoms with van der Waals surface area (Å²) in [7, 11) is 1.63. The van der Waals surface area contributed by atoms with Crippen LogP contribution in [-0.2, 0) is 0 Å². The van der Waals surface area contributed by atoms with Crippen LogP contribution < -0.4 is 9.64 Å². The highest BCUT2D eigenvalue weighted by Crippen LogP contribution is 2.30. The van der Waals surface area contributed by atoms with E-state index in [1.54, 1.807) is 19.2 Å². The number of nitro benzene ring substituents is 1. The van der Waals surface area contributed by atoms with Crippen molar-refractivity contribution in [3.05, 3.63) is 69.2 Å². The molecule has 0 radical (unpaired) electrons. The molecule has 0 unspecified atom stereocenters. The summed E-state index contributed by atoms with van der Waals surface area (Å²) in [5.41, 5.74) is 2.69. The topological polar surface area (TPSA) is 88.8 Å². The fourth-order valence-corrected chi connectivity index (χ4v) is 4.59. The van der Waals surface area contributed by atoms with Gasteiger partial charge in [-0.1, -0.05) is 0 Å². The summed E-state index contributed by atoms with van der Waals surface area (Å²) in [6.07, 6.45) is 0. The van der Waals surface area contributed by atoms with Crippen LogP contribution in [0.5, 0.6) is 5.75 Å². The predicted molar refractivity (Wildman–Crippen MR) is 120 cm³/mol. The summed E-state index contributed by atoms with van der Waals surface area (Å²) >= 11 is 1.41. The molecule has 0 bridgehead atoms. The number of rotatable bonds is 5. The van der Waals surface area contributed by atoms with E-state index >= 15 is 0 Å². The second-order valence-corrected chi connectivity index (χ2v) is 8.21. The predicted octanol–water partition coefficient (Wildman–Crippen LogP) is 4.00. The standard InChI is InChI=1S/C22H22N4O4S/c1-15-20(31-21(23-15)16-3-9-19(30-2)10-4-16)22(27)25-13-11-24(12-14-25)17-5-7-18(8-6-17)26(28)29/h3-10H,11-14H2,1-2H3. The molecule has 1 fully saturated rings. The van der Waals surface area contributed by atoms with Crippen molar-refractivity contribution >= 4 is 28.6 Å². The number of nitro groups is 1. The van der Waals surface area contributed by atoms with E-state index in [0.29, 0.717) is 31.1 Å². The van der Waals surface area contributed by atoms with Crippen molar-refractivity contribution < 1.29 is 14.5 Å². The Bertz CT molecular complexity index is 1090. The van der Waals surface area contributed by atoms with Crippen LogP contribution >= 0.6 is 11.3 Å². The average Bonchev–Trinajstić information content (AvgIpc) is 3.20. The van der Waals surface area contributed by atoms with Crippen molar-refractivity contribution in [2.24, 2.45) is 0 Å². The third kappa shape index (κ3) is 4.36. The molecule has 0 aliphatic carbocycles. The fourth-order valence-electron chi connectivity index (χ4n) is 3.55. The largest absolute Gasteiger partial charge is 0.497 e. The molecule has 0 N–H and O–H groups in total. The summed E-state index contributed by atoms with van der Waals surface area (Å²) in [4.78, 5) is 32.8. The highest BCUT2D eigenvalue weighted by molar-refractivity contribution is 7.17. The van der Waals surface area contributed by atoms with Crippen LogP contribution in [0.15, 0.2) is 48.5 Å². The molecule has 1 aliphatic rings. The van der Waals surface area contributed by atoms with Crippen molar-refractivity contribution in [2.75, 3.05) is 38.2 Å². The van der Waals surface area contributed by atoms with Gasteiger partial charge in [0.1, 0.15) is 15.6 Å². The number of methoxy groups -OCH3 is 1. The third-order valence-corrected chi connectivity index (χ3v) is 6.51. The van der Waals surface area contributed by atoms with Crippen LogP contribution in [0.2, 0.25) is 0 Å². The van der Waals surface area contributed by atoms with Crippen LogP contribution in [0.25, 0.3) is 10.6 Å². The minimum atomic E-state index is -0.405. The molecule has 9 heteroatoms. The van der Waals surface area contributed by atoms with Crippen LogP contribution in [-0.4, -0.2) is 54.0 Å². The normalized spacial score (nSPS) is 13.9. The summed E-state index contributed by atoms with van der Waals surface area (Å²) < 4.78 is 5.20. The number of piperazine rings is 1. The number of amides is 1. The van der Waals surface area contributed by atoms with E-state index in [-0.39, 0.29) is 11.6 Å². The molecule has 31 heavy (non-hydrogen) atoms. The van der Waals surface area contributed by atoms with Gasteiger partial charge in [0.2, 0.25) is 0 Å². The molecular weight excluding hydrogens is 416 g/mol. The number of carbonyl (C=O) groups is 1. The second-order valence-electron chi connectivity index (χ2n) is 7.21. The summed E-state index contributed by atoms with van der Waals surface area (Å²) in [6.45, 7) is 4.39. The Morgan fingerprint density at radius 1 is 1.06 bits per heavy atom. The maximum Gasteiger partial charge on any atom is 0.269 e. The number of ether oxygens (including phenoxy) is 1. The van der Waals surface area contributed by atoms with Crippen molar-refractivity contribution in [3.8, 4) is 16.3 Å². The number of aromatic nitrogens is 1. The molecule has 2 heterocycles. The number of hydrogen-bond donors (Lipinski definition) is 0. The van der Waals surface area contributed by atoms with Crippen LogP contribution in [0.3, 0.4) is 0 Å². The molecule has 1 aromatic heterocycles. The number of thiazole rings is 1. The summed E-state index contributed by atoms with van der Waals surface area (Å²) in [6, 6.07) is 14.2. The van der Waals surface area contributed by atoms with Crippen molar-refractivity contribution in [1.29, 1.82) is 0 Å². The van der Waals surface area contributed by atoms with E-state index in [1.165, 1.54) is 23.5 Å². The number of nitrogens with zero attached hydrogens (tertiary/aromatic N) is 4. The fraction of sp³-hybridized carbons (Fsp3) is 0.273. The van der Waals surface area contributed by atoms with Crippen LogP contribution in [0.4, 0.5) is 11.4 Å². The molecule has 1 aliphatic heterocycles. The van der Waals surface area contributed by atoms with E-state index in [4.69, 9.17) is 4.74 Å². The highest BCUT2D eigenvalue weighted by Gasteiger charge is 2.26. The van der Waals surface area contributed by atoms with Gasteiger partial charge in [-0.05, 0) is 43.3 Å². The monoisotopic (exact) mass is 438 g/mol. The number of benzene rings is 2. The first-order chi connectivity index (χ1) is 15.0. The molecular formula is C22H22N4O4S. The van der Waals surface area contributed by atoms with Crippen LogP contribution in [0, 0.1) is 17.0 Å². The van der Waals surface area contributed by atoms with Gasteiger partial charge in [0.25, 0.3) is 11.6 Å². The lowest BCUT2D eigenvalue weighted by Crippen LogP contribution is -2.48. The quantitative estimate of drug-likeness (QED) is 0.442. The van der Waals surface area contributed by atoms with Crippen molar-refractivity contribution in [3.63, 3.8) is 0 Å². The molecule has 2 aromatic carbocycles. The first-order valence-corrected chi connectivity index (χ1v) is 10.7. The van der Waals surface area contributed by atoms with Gasteiger partial charge in [0.05, 0.1) is 17.7 Å². The highest BCUT2D eigenvalue weighted by atomic mass is 32.1. The van der Waals surface area contributed by atoms with Gasteiger partial charge in [-0.2, -0.15) is 0 Å². The lowest BCUT2D eigenvalue weighted by Gasteiger charge is -2.36. The smallest absolute Gasteiger partial charge is 0.269 e. The molecule has 160 valence electrons. The Kier molecular flexibility index (Phi) is 5.85. The third-order valence-electron chi connectivity index (χ3n) is 5.32. The first-order valence-electron chi connectivity index (χ1n) is 9.87. The molecule has 1 amide bonds. The Morgan fingerprint density at radius 3 is 2.29 bits per heavy atom. The lowest BCUT2D eigenvalue weighted by molar-refractivity contribution is -0.384. The van der Waals surface area contributed by atoms with E-state index in [1.807, 2.05) is 36.1 Å². The number of anilines is 1. The maximum atomic E-state index is 13.1. The molecule has 8 nitrogen and oxygen atoms in total. The molecule has 0 spiro atoms. The van der Waals surface area contributed by atoms with Gasteiger partial charge in [-0.3, -0.25) is 14.9 Å². The Morgan fingerprint density at radius 2 is 1.71 bits per heavy atom. The molecule has 0 atom stereocenters. The molecule has 1 saturated heterocycles. The van der Waals surface area contributed by atoms with E-state index in [9.17, 15) is 14.9 Å². The number of aryl methyl sites for hydroxylation is 1. The second kappa shape index (κ2) is 8.73. The molecule has 4 rings (SSSR count). The van der Waals surface area contributed by atoms with E-state index < -0.39 is 4.92 Å². The van der Waals surface area contributed by atoms with Gasteiger partial charge in [0.15, 0.2) is 0 Å². The van der Waals surface area contributed by atoms with Crippen LogP contribution in [0.1, 0.15) is 15.4 Å². The SMILES string of the molecule is COc1ccc(-c2nc(C)c(C(=O)N3CCN(c4ccc([N+](=O)[O-])cc4)CC3)s2)cc1. The van der Waals surface area contributed by atoms with E-state index in [2.05, 4.69) is 9.88 Å². The zero-order valence-corrected chi connectivity index (χ0v) is 18.1. The average molecular weight is 439 g/mol. The Balaban J connectivity index is 1.42. The van der Waals surface area contributed by atoms with Gasteiger partial charge < -0.3 is 14.5 Å². The van der Waals surface area contributed by atoms with E-state index in [0.717, 1.165) is 27.7 Å². The Labute approximate surface area is 183 Å². The lowest BCUT2D eigenvalue weighted by atomic mass is 10.2. The zero-order chi connectivity index (χ0) is 22.0. The van der Waals surface area contributed by atoms with Crippen molar-refractivity contribution in [2.45, 2.75) is 6.92 Å². The molecule has 0 saturated carbocycles. The maximum absolute atomic E-state index is 13.1. The first kappa shape index (κ1) is 20.8. The van der Waals surface area contributed by atoms with Crippen molar-refractivity contribution in [1.82, 2.24) is 9.88 Å². The minimum Gasteiger partial charge on any atom is -0.497 e. The zero-order valence-electron chi connectivity index (χ0n) is 17.3. The number of carbonyl (C=O) groups excluding carboxylic acids is 1. The minimum absolute atomic E-state index is 0.00175. The number of hydrogen-bond acceptors (Lipinski definition) is 7. The van der Waals surface area contributed by atoms with Gasteiger partial charge in [0, 0.05) is 49.6 Å². The summed E-state index contributed by atoms with van der Waals surface area (Å²) in [5.74, 6) is 0.775. The molecule has 3 aromatic rings. The van der Waals surface area contributed by atoms with Gasteiger partial charge >= 0.3 is 0 Å². The number of non-ortho nitro benzene ring substituents is 1. The summed E-state index contributed by atoms with van der Waals surface area (Å²) in [5, 5.41) is 11.6.